The first-order chi connectivity index (χ1) is 20.3. The molecule has 1 amide bonds. The van der Waals surface area contributed by atoms with Crippen LogP contribution in [-0.4, -0.2) is 45.1 Å². The smallest absolute Gasteiger partial charge is 0.449 e. The van der Waals surface area contributed by atoms with E-state index < -0.39 is 40.5 Å². The predicted molar refractivity (Wildman–Crippen MR) is 145 cm³/mol. The zero-order valence-corrected chi connectivity index (χ0v) is 23.1. The summed E-state index contributed by atoms with van der Waals surface area (Å²) in [6, 6.07) is 8.13. The topological polar surface area (TPSA) is 123 Å². The zero-order valence-electron chi connectivity index (χ0n) is 23.1. The van der Waals surface area contributed by atoms with E-state index in [0.717, 1.165) is 4.68 Å². The second-order valence-corrected chi connectivity index (χ2v) is 10.2. The number of aryl methyl sites for hydroxylation is 1. The number of aromatic nitrogens is 4. The molecule has 0 aliphatic carbocycles. The third kappa shape index (κ3) is 5.53. The Morgan fingerprint density at radius 1 is 0.953 bits per heavy atom. The molecule has 43 heavy (non-hydrogen) atoms. The number of nitrogens with zero attached hydrogens (tertiary/aromatic N) is 4. The van der Waals surface area contributed by atoms with Crippen molar-refractivity contribution in [1.29, 1.82) is 0 Å². The van der Waals surface area contributed by atoms with Gasteiger partial charge in [0.2, 0.25) is 11.6 Å². The molecule has 10 nitrogen and oxygen atoms in total. The molecule has 0 saturated heterocycles. The highest BCUT2D eigenvalue weighted by Gasteiger charge is 2.41. The van der Waals surface area contributed by atoms with Crippen molar-refractivity contribution in [3.8, 4) is 22.8 Å². The normalized spacial score (nSPS) is 14.6. The van der Waals surface area contributed by atoms with Crippen molar-refractivity contribution in [2.75, 3.05) is 13.7 Å². The van der Waals surface area contributed by atoms with Crippen molar-refractivity contribution in [3.63, 3.8) is 0 Å². The van der Waals surface area contributed by atoms with E-state index in [1.165, 1.54) is 43.5 Å². The van der Waals surface area contributed by atoms with Gasteiger partial charge in [0.25, 0.3) is 11.5 Å². The average molecular weight is 605 g/mol. The number of ether oxygens (including phenoxy) is 2. The molecular weight excluding hydrogens is 579 g/mol. The first kappa shape index (κ1) is 29.7. The number of methoxy groups -OCH3 is 1. The van der Waals surface area contributed by atoms with Gasteiger partial charge in [-0.25, -0.2) is 19.5 Å². The van der Waals surface area contributed by atoms with Crippen LogP contribution in [-0.2, 0) is 17.5 Å². The van der Waals surface area contributed by atoms with E-state index in [-0.39, 0.29) is 58.2 Å². The van der Waals surface area contributed by atoms with Gasteiger partial charge in [0.05, 0.1) is 30.5 Å². The fourth-order valence-electron chi connectivity index (χ4n) is 4.59. The van der Waals surface area contributed by atoms with Crippen LogP contribution >= 0.6 is 0 Å². The van der Waals surface area contributed by atoms with Crippen LogP contribution in [0, 0.1) is 17.0 Å². The van der Waals surface area contributed by atoms with Gasteiger partial charge < -0.3 is 14.5 Å². The molecule has 0 atom stereocenters. The number of hydrazone groups is 1. The Balaban J connectivity index is 1.26. The molecule has 5 rings (SSSR count). The first-order valence-corrected chi connectivity index (χ1v) is 13.0. The molecule has 4 aromatic rings. The highest BCUT2D eigenvalue weighted by molar-refractivity contribution is 6.19. The van der Waals surface area contributed by atoms with E-state index in [1.54, 1.807) is 13.8 Å². The maximum atomic E-state index is 14.8. The van der Waals surface area contributed by atoms with Gasteiger partial charge in [-0.1, -0.05) is 0 Å². The Kier molecular flexibility index (Phi) is 7.67. The highest BCUT2D eigenvalue weighted by Crippen LogP contribution is 2.36. The van der Waals surface area contributed by atoms with Gasteiger partial charge in [-0.05, 0) is 57.0 Å². The van der Waals surface area contributed by atoms with Gasteiger partial charge in [0, 0.05) is 23.7 Å². The summed E-state index contributed by atoms with van der Waals surface area (Å²) in [4.78, 5) is 30.3. The number of imidazole rings is 1. The molecule has 0 fully saturated rings. The minimum atomic E-state index is -4.72. The average Bonchev–Trinajstić information content (AvgIpc) is 3.53. The number of carbonyl (C=O) groups is 1. The van der Waals surface area contributed by atoms with Gasteiger partial charge >= 0.3 is 6.18 Å². The van der Waals surface area contributed by atoms with Crippen LogP contribution in [0.2, 0.25) is 0 Å². The molecule has 0 radical (unpaired) electrons. The monoisotopic (exact) mass is 604 g/mol. The quantitative estimate of drug-likeness (QED) is 0.209. The number of unbranched alkanes of at least 4 members (excludes halogenated alkanes) is 1. The molecule has 2 N–H and O–H groups in total. The summed E-state index contributed by atoms with van der Waals surface area (Å²) in [5, 5.41) is 8.14. The van der Waals surface area contributed by atoms with Crippen LogP contribution < -0.4 is 20.5 Å². The van der Waals surface area contributed by atoms with Gasteiger partial charge in [0.15, 0.2) is 11.6 Å². The Hall–Kier alpha value is -4.82. The summed E-state index contributed by atoms with van der Waals surface area (Å²) in [5.74, 6) is -4.22. The minimum Gasteiger partial charge on any atom is -0.494 e. The number of fused-ring (bicyclic) bond motifs is 1. The Morgan fingerprint density at radius 3 is 2.35 bits per heavy atom. The molecule has 0 bridgehead atoms. The van der Waals surface area contributed by atoms with E-state index >= 15 is 0 Å². The lowest BCUT2D eigenvalue weighted by molar-refractivity contribution is -0.144. The fourth-order valence-corrected chi connectivity index (χ4v) is 4.59. The SMILES string of the molecule is COc1ccc(-c2ccc(=O)n(CCCCOc3ccc(C4=NNC(=O)C4(C)C)c(F)c3F)n2)c2nc(C(F)(F)F)[nH]c12. The Bertz CT molecular complexity index is 1810. The van der Waals surface area contributed by atoms with Crippen LogP contribution in [0.25, 0.3) is 22.3 Å². The summed E-state index contributed by atoms with van der Waals surface area (Å²) >= 11 is 0. The number of alkyl halides is 3. The van der Waals surface area contributed by atoms with Gasteiger partial charge in [-0.2, -0.15) is 27.8 Å². The van der Waals surface area contributed by atoms with E-state index in [0.29, 0.717) is 12.8 Å². The van der Waals surface area contributed by atoms with Crippen molar-refractivity contribution < 1.29 is 36.2 Å². The molecule has 226 valence electrons. The number of nitrogens with one attached hydrogen (secondary N) is 2. The number of benzene rings is 2. The van der Waals surface area contributed by atoms with E-state index in [9.17, 15) is 31.5 Å². The van der Waals surface area contributed by atoms with Crippen molar-refractivity contribution in [1.82, 2.24) is 25.2 Å². The number of aromatic amines is 1. The minimum absolute atomic E-state index is 0.0107. The Labute approximate surface area is 240 Å². The van der Waals surface area contributed by atoms with Gasteiger partial charge in [0.1, 0.15) is 16.8 Å². The molecule has 1 aliphatic rings. The zero-order chi connectivity index (χ0) is 31.1. The largest absolute Gasteiger partial charge is 0.494 e. The predicted octanol–water partition coefficient (Wildman–Crippen LogP) is 4.81. The molecule has 2 aromatic carbocycles. The van der Waals surface area contributed by atoms with Crippen LogP contribution in [0.5, 0.6) is 11.5 Å². The third-order valence-electron chi connectivity index (χ3n) is 6.99. The highest BCUT2D eigenvalue weighted by atomic mass is 19.4. The van der Waals surface area contributed by atoms with Gasteiger partial charge in [-0.3, -0.25) is 9.59 Å². The molecule has 0 saturated carbocycles. The molecule has 3 heterocycles. The summed E-state index contributed by atoms with van der Waals surface area (Å²) in [6.07, 6.45) is -4.03. The van der Waals surface area contributed by atoms with Crippen LogP contribution in [0.4, 0.5) is 22.0 Å². The van der Waals surface area contributed by atoms with Crippen LogP contribution in [0.1, 0.15) is 38.1 Å². The first-order valence-electron chi connectivity index (χ1n) is 13.0. The lowest BCUT2D eigenvalue weighted by Gasteiger charge is -2.18. The van der Waals surface area contributed by atoms with Crippen molar-refractivity contribution in [2.45, 2.75) is 39.4 Å². The number of hydrogen-bond donors (Lipinski definition) is 2. The maximum Gasteiger partial charge on any atom is 0.449 e. The number of carbonyl (C=O) groups excluding carboxylic acids is 1. The van der Waals surface area contributed by atoms with Crippen molar-refractivity contribution in [2.24, 2.45) is 10.5 Å². The number of hydrogen-bond acceptors (Lipinski definition) is 7. The second kappa shape index (κ2) is 11.1. The number of rotatable bonds is 9. The van der Waals surface area contributed by atoms with Crippen molar-refractivity contribution in [3.05, 3.63) is 69.8 Å². The lowest BCUT2D eigenvalue weighted by Crippen LogP contribution is -2.33. The fraction of sp³-hybridized carbons (Fsp3) is 0.321. The van der Waals surface area contributed by atoms with Gasteiger partial charge in [-0.15, -0.1) is 0 Å². The third-order valence-corrected chi connectivity index (χ3v) is 6.99. The van der Waals surface area contributed by atoms with E-state index in [4.69, 9.17) is 9.47 Å². The number of H-pyrrole nitrogens is 1. The van der Waals surface area contributed by atoms with Crippen LogP contribution in [0.15, 0.2) is 46.3 Å². The summed E-state index contributed by atoms with van der Waals surface area (Å²) in [7, 11) is 1.32. The number of amides is 1. The molecule has 15 heteroatoms. The molecular formula is C28H25F5N6O4. The molecule has 2 aromatic heterocycles. The standard InChI is InChI=1S/C28H25F5N6O4/c1-27(2)24(36-37-26(27)41)15-7-9-17(21(30)20(15)29)43-13-5-4-12-39-19(40)11-8-16(38-39)14-6-10-18(42-3)23-22(14)34-25(35-23)28(31,32)33/h6-11H,4-5,12-13H2,1-3H3,(H,34,35)(H,37,41). The Morgan fingerprint density at radius 2 is 1.67 bits per heavy atom. The molecule has 0 unspecified atom stereocenters. The number of halogens is 5. The lowest BCUT2D eigenvalue weighted by atomic mass is 9.83. The van der Waals surface area contributed by atoms with E-state index in [1.807, 2.05) is 0 Å². The van der Waals surface area contributed by atoms with E-state index in [2.05, 4.69) is 25.6 Å². The summed E-state index contributed by atoms with van der Waals surface area (Å²) < 4.78 is 81.2. The summed E-state index contributed by atoms with van der Waals surface area (Å²) in [5.41, 5.74) is 1.09. The summed E-state index contributed by atoms with van der Waals surface area (Å²) in [6.45, 7) is 3.20. The van der Waals surface area contributed by atoms with Crippen molar-refractivity contribution >= 4 is 22.7 Å². The maximum absolute atomic E-state index is 14.8. The van der Waals surface area contributed by atoms with Crippen LogP contribution in [0.3, 0.4) is 0 Å². The molecule has 0 spiro atoms. The molecule has 1 aliphatic heterocycles. The second-order valence-electron chi connectivity index (χ2n) is 10.2.